The molecule has 2 aromatic rings. The Morgan fingerprint density at radius 2 is 1.82 bits per heavy atom. The van der Waals surface area contributed by atoms with E-state index in [4.69, 9.17) is 5.73 Å². The summed E-state index contributed by atoms with van der Waals surface area (Å²) in [6.45, 7) is 0.687. The number of unbranched alkanes of at least 4 members (excludes halogenated alkanes) is 1. The smallest absolute Gasteiger partial charge is 0.221 e. The van der Waals surface area contributed by atoms with Gasteiger partial charge in [0.15, 0.2) is 5.82 Å². The number of hydrogen-bond donors (Lipinski definition) is 1. The van der Waals surface area contributed by atoms with Crippen molar-refractivity contribution in [1.82, 2.24) is 25.4 Å². The highest BCUT2D eigenvalue weighted by molar-refractivity contribution is 5.46. The van der Waals surface area contributed by atoms with Crippen molar-refractivity contribution < 1.29 is 0 Å². The summed E-state index contributed by atoms with van der Waals surface area (Å²) in [5.41, 5.74) is 6.09. The fraction of sp³-hybridized carbons (Fsp3) is 0.364. The minimum absolute atomic E-state index is 0.452. The number of aromatic nitrogens is 5. The molecule has 0 bridgehead atoms. The molecule has 2 heterocycles. The Kier molecular flexibility index (Phi) is 4.04. The van der Waals surface area contributed by atoms with E-state index in [2.05, 4.69) is 25.4 Å². The highest BCUT2D eigenvalue weighted by atomic mass is 15.3. The van der Waals surface area contributed by atoms with E-state index in [-0.39, 0.29) is 0 Å². The van der Waals surface area contributed by atoms with Crippen molar-refractivity contribution in [3.05, 3.63) is 30.2 Å². The van der Waals surface area contributed by atoms with Gasteiger partial charge in [0.1, 0.15) is 5.69 Å². The van der Waals surface area contributed by atoms with Gasteiger partial charge in [-0.2, -0.15) is 0 Å². The Labute approximate surface area is 99.3 Å². The van der Waals surface area contributed by atoms with Crippen LogP contribution in [0.25, 0.3) is 11.5 Å². The number of pyridine rings is 1. The molecule has 0 amide bonds. The molecule has 6 nitrogen and oxygen atoms in total. The van der Waals surface area contributed by atoms with E-state index in [0.29, 0.717) is 23.9 Å². The summed E-state index contributed by atoms with van der Waals surface area (Å²) in [5.74, 6) is 1.10. The second-order valence-electron chi connectivity index (χ2n) is 3.60. The van der Waals surface area contributed by atoms with Crippen molar-refractivity contribution in [2.45, 2.75) is 19.3 Å². The summed E-state index contributed by atoms with van der Waals surface area (Å²) < 4.78 is 0. The lowest BCUT2D eigenvalue weighted by molar-refractivity contribution is 0.678. The standard InChI is InChI=1S/C11H14N6/c12-7-3-1-6-10-14-16-11(17-15-10)9-5-2-4-8-13-9/h2,4-5,8H,1,3,6-7,12H2. The number of nitrogens with two attached hydrogens (primary N) is 1. The molecule has 88 valence electrons. The van der Waals surface area contributed by atoms with Crippen LogP contribution in [-0.4, -0.2) is 31.9 Å². The minimum Gasteiger partial charge on any atom is -0.330 e. The van der Waals surface area contributed by atoms with E-state index >= 15 is 0 Å². The van der Waals surface area contributed by atoms with Crippen molar-refractivity contribution in [3.63, 3.8) is 0 Å². The predicted octanol–water partition coefficient (Wildman–Crippen LogP) is 0.610. The lowest BCUT2D eigenvalue weighted by Gasteiger charge is -1.99. The SMILES string of the molecule is NCCCCc1nnc(-c2ccccn2)nn1. The maximum atomic E-state index is 5.41. The largest absolute Gasteiger partial charge is 0.330 e. The quantitative estimate of drug-likeness (QED) is 0.757. The highest BCUT2D eigenvalue weighted by Crippen LogP contribution is 2.07. The lowest BCUT2D eigenvalue weighted by atomic mass is 10.2. The van der Waals surface area contributed by atoms with Crippen LogP contribution in [0.15, 0.2) is 24.4 Å². The van der Waals surface area contributed by atoms with Crippen LogP contribution in [0.3, 0.4) is 0 Å². The third-order valence-electron chi connectivity index (χ3n) is 2.27. The molecule has 0 aliphatic heterocycles. The first-order valence-electron chi connectivity index (χ1n) is 5.58. The summed E-state index contributed by atoms with van der Waals surface area (Å²) in [6.07, 6.45) is 4.38. The zero-order valence-corrected chi connectivity index (χ0v) is 9.45. The summed E-state index contributed by atoms with van der Waals surface area (Å²) in [7, 11) is 0. The molecular weight excluding hydrogens is 216 g/mol. The van der Waals surface area contributed by atoms with Gasteiger partial charge in [-0.1, -0.05) is 6.07 Å². The fourth-order valence-corrected chi connectivity index (χ4v) is 1.38. The van der Waals surface area contributed by atoms with Crippen LogP contribution in [0.4, 0.5) is 0 Å². The van der Waals surface area contributed by atoms with Crippen molar-refractivity contribution in [2.24, 2.45) is 5.73 Å². The highest BCUT2D eigenvalue weighted by Gasteiger charge is 2.04. The van der Waals surface area contributed by atoms with Gasteiger partial charge in [0.05, 0.1) is 0 Å². The van der Waals surface area contributed by atoms with Gasteiger partial charge in [0.2, 0.25) is 5.82 Å². The Morgan fingerprint density at radius 1 is 1.00 bits per heavy atom. The summed E-state index contributed by atoms with van der Waals surface area (Å²) in [5, 5.41) is 16.1. The monoisotopic (exact) mass is 230 g/mol. The van der Waals surface area contributed by atoms with Gasteiger partial charge in [0, 0.05) is 12.6 Å². The van der Waals surface area contributed by atoms with Gasteiger partial charge < -0.3 is 5.73 Å². The van der Waals surface area contributed by atoms with Crippen LogP contribution < -0.4 is 5.73 Å². The number of hydrogen-bond acceptors (Lipinski definition) is 6. The van der Waals surface area contributed by atoms with Gasteiger partial charge >= 0.3 is 0 Å². The first-order chi connectivity index (χ1) is 8.40. The van der Waals surface area contributed by atoms with Crippen LogP contribution >= 0.6 is 0 Å². The fourth-order valence-electron chi connectivity index (χ4n) is 1.38. The normalized spacial score (nSPS) is 10.4. The lowest BCUT2D eigenvalue weighted by Crippen LogP contribution is -2.05. The summed E-state index contributed by atoms with van der Waals surface area (Å²) in [4.78, 5) is 4.13. The molecule has 0 atom stereocenters. The zero-order valence-electron chi connectivity index (χ0n) is 9.45. The average Bonchev–Trinajstić information content (AvgIpc) is 2.41. The second-order valence-corrected chi connectivity index (χ2v) is 3.60. The van der Waals surface area contributed by atoms with E-state index in [9.17, 15) is 0 Å². The number of rotatable bonds is 5. The first-order valence-corrected chi connectivity index (χ1v) is 5.58. The summed E-state index contributed by atoms with van der Waals surface area (Å²) in [6, 6.07) is 5.54. The van der Waals surface area contributed by atoms with Gasteiger partial charge in [-0.05, 0) is 31.5 Å². The zero-order chi connectivity index (χ0) is 11.9. The molecule has 0 saturated carbocycles. The Hall–Kier alpha value is -1.95. The predicted molar refractivity (Wildman–Crippen MR) is 62.8 cm³/mol. The van der Waals surface area contributed by atoms with Gasteiger partial charge in [-0.15, -0.1) is 20.4 Å². The molecular formula is C11H14N6. The molecule has 0 aliphatic carbocycles. The molecule has 0 fully saturated rings. The molecule has 6 heteroatoms. The Balaban J connectivity index is 2.03. The third kappa shape index (κ3) is 3.25. The molecule has 0 unspecified atom stereocenters. The van der Waals surface area contributed by atoms with Crippen LogP contribution in [0.2, 0.25) is 0 Å². The van der Waals surface area contributed by atoms with Crippen LogP contribution in [0.5, 0.6) is 0 Å². The molecule has 17 heavy (non-hydrogen) atoms. The maximum absolute atomic E-state index is 5.41. The topological polar surface area (TPSA) is 90.5 Å². The molecule has 0 spiro atoms. The van der Waals surface area contributed by atoms with E-state index in [1.165, 1.54) is 0 Å². The number of aryl methyl sites for hydroxylation is 1. The van der Waals surface area contributed by atoms with Gasteiger partial charge in [0.25, 0.3) is 0 Å². The van der Waals surface area contributed by atoms with Crippen molar-refractivity contribution in [2.75, 3.05) is 6.54 Å². The molecule has 0 aromatic carbocycles. The molecule has 2 rings (SSSR count). The molecule has 2 N–H and O–H groups in total. The molecule has 0 saturated heterocycles. The average molecular weight is 230 g/mol. The van der Waals surface area contributed by atoms with Crippen LogP contribution in [0.1, 0.15) is 18.7 Å². The Bertz CT molecular complexity index is 441. The first kappa shape index (κ1) is 11.5. The molecule has 0 aliphatic rings. The number of nitrogens with zero attached hydrogens (tertiary/aromatic N) is 5. The summed E-state index contributed by atoms with van der Waals surface area (Å²) >= 11 is 0. The molecule has 2 aromatic heterocycles. The van der Waals surface area contributed by atoms with Gasteiger partial charge in [-0.3, -0.25) is 4.98 Å². The minimum atomic E-state index is 0.452. The second kappa shape index (κ2) is 5.95. The van der Waals surface area contributed by atoms with Crippen molar-refractivity contribution in [1.29, 1.82) is 0 Å². The van der Waals surface area contributed by atoms with E-state index < -0.39 is 0 Å². The Morgan fingerprint density at radius 3 is 2.47 bits per heavy atom. The van der Waals surface area contributed by atoms with Crippen LogP contribution in [0, 0.1) is 0 Å². The third-order valence-corrected chi connectivity index (χ3v) is 2.27. The van der Waals surface area contributed by atoms with E-state index in [0.717, 1.165) is 19.3 Å². The van der Waals surface area contributed by atoms with E-state index in [1.807, 2.05) is 18.2 Å². The molecule has 0 radical (unpaired) electrons. The van der Waals surface area contributed by atoms with Crippen LogP contribution in [-0.2, 0) is 6.42 Å². The van der Waals surface area contributed by atoms with Crippen molar-refractivity contribution >= 4 is 0 Å². The van der Waals surface area contributed by atoms with E-state index in [1.54, 1.807) is 6.20 Å². The van der Waals surface area contributed by atoms with Gasteiger partial charge in [-0.25, -0.2) is 0 Å². The van der Waals surface area contributed by atoms with Crippen molar-refractivity contribution in [3.8, 4) is 11.5 Å². The maximum Gasteiger partial charge on any atom is 0.221 e.